The Morgan fingerprint density at radius 1 is 1.05 bits per heavy atom. The molecule has 0 radical (unpaired) electrons. The molecule has 114 valence electrons. The molecule has 0 spiro atoms. The van der Waals surface area contributed by atoms with Crippen LogP contribution in [-0.4, -0.2) is 22.8 Å². The van der Waals surface area contributed by atoms with Crippen LogP contribution in [0.2, 0.25) is 0 Å². The zero-order chi connectivity index (χ0) is 15.9. The minimum Gasteiger partial charge on any atom is -0.481 e. The number of carboxylic acids is 1. The molecule has 0 heterocycles. The van der Waals surface area contributed by atoms with E-state index in [-0.39, 0.29) is 23.5 Å². The first kappa shape index (κ1) is 14.5. The summed E-state index contributed by atoms with van der Waals surface area (Å²) < 4.78 is 0. The van der Waals surface area contributed by atoms with Gasteiger partial charge in [0.05, 0.1) is 11.8 Å². The van der Waals surface area contributed by atoms with Crippen molar-refractivity contribution < 1.29 is 19.5 Å². The van der Waals surface area contributed by atoms with E-state index in [1.54, 1.807) is 24.3 Å². The van der Waals surface area contributed by atoms with Gasteiger partial charge < -0.3 is 10.4 Å². The lowest BCUT2D eigenvalue weighted by atomic mass is 9.82. The third-order valence-corrected chi connectivity index (χ3v) is 4.61. The molecule has 0 aromatic heterocycles. The van der Waals surface area contributed by atoms with E-state index in [9.17, 15) is 19.5 Å². The number of carbonyl (C=O) groups is 3. The molecule has 1 aromatic carbocycles. The standard InChI is InChI=1S/C17H17NO4/c1-9(19)10-4-6-13(7-5-10)18-16(20)14-11-2-3-12(8-11)15(14)17(21)22/h2-7,11-12,14-15H,8H2,1H3,(H,18,20)(H,21,22)/t11-,12+,14-,15-/m0/s1. The summed E-state index contributed by atoms with van der Waals surface area (Å²) >= 11 is 0. The van der Waals surface area contributed by atoms with Crippen molar-refractivity contribution in [1.29, 1.82) is 0 Å². The lowest BCUT2D eigenvalue weighted by Gasteiger charge is -2.23. The second-order valence-corrected chi connectivity index (χ2v) is 5.96. The molecule has 4 atom stereocenters. The van der Waals surface area contributed by atoms with Crippen molar-refractivity contribution in [1.82, 2.24) is 0 Å². The van der Waals surface area contributed by atoms with E-state index in [4.69, 9.17) is 0 Å². The molecule has 3 rings (SSSR count). The third kappa shape index (κ3) is 2.43. The predicted molar refractivity (Wildman–Crippen MR) is 80.4 cm³/mol. The number of hydrogen-bond donors (Lipinski definition) is 2. The molecule has 2 aliphatic rings. The van der Waals surface area contributed by atoms with Gasteiger partial charge in [0.2, 0.25) is 5.91 Å². The first-order valence-corrected chi connectivity index (χ1v) is 7.30. The SMILES string of the molecule is CC(=O)c1ccc(NC(=O)[C@@H]2[C@@H](C(=O)O)[C@@H]3C=C[C@H]2C3)cc1. The highest BCUT2D eigenvalue weighted by Gasteiger charge is 2.51. The van der Waals surface area contributed by atoms with Crippen molar-refractivity contribution in [2.45, 2.75) is 13.3 Å². The molecule has 1 saturated carbocycles. The highest BCUT2D eigenvalue weighted by atomic mass is 16.4. The Morgan fingerprint density at radius 2 is 1.64 bits per heavy atom. The van der Waals surface area contributed by atoms with E-state index in [1.165, 1.54) is 6.92 Å². The van der Waals surface area contributed by atoms with E-state index in [1.807, 2.05) is 12.2 Å². The maximum atomic E-state index is 12.5. The second kappa shape index (κ2) is 5.40. The van der Waals surface area contributed by atoms with Crippen molar-refractivity contribution in [2.24, 2.45) is 23.7 Å². The lowest BCUT2D eigenvalue weighted by Crippen LogP contribution is -2.36. The number of benzene rings is 1. The molecule has 0 aliphatic heterocycles. The topological polar surface area (TPSA) is 83.5 Å². The molecule has 2 bridgehead atoms. The van der Waals surface area contributed by atoms with Crippen LogP contribution < -0.4 is 5.32 Å². The number of aliphatic carboxylic acids is 1. The summed E-state index contributed by atoms with van der Waals surface area (Å²) in [4.78, 5) is 35.1. The number of allylic oxidation sites excluding steroid dienone is 2. The Balaban J connectivity index is 1.75. The van der Waals surface area contributed by atoms with Crippen LogP contribution in [0.25, 0.3) is 0 Å². The minimum atomic E-state index is -0.913. The van der Waals surface area contributed by atoms with Gasteiger partial charge in [-0.2, -0.15) is 0 Å². The number of amides is 1. The highest BCUT2D eigenvalue weighted by Crippen LogP contribution is 2.48. The Bertz CT molecular complexity index is 662. The van der Waals surface area contributed by atoms with Gasteiger partial charge >= 0.3 is 5.97 Å². The van der Waals surface area contributed by atoms with E-state index in [2.05, 4.69) is 5.32 Å². The summed E-state index contributed by atoms with van der Waals surface area (Å²) in [5.41, 5.74) is 1.15. The van der Waals surface area contributed by atoms with E-state index < -0.39 is 17.8 Å². The Labute approximate surface area is 128 Å². The largest absolute Gasteiger partial charge is 0.481 e. The number of carbonyl (C=O) groups excluding carboxylic acids is 2. The molecular weight excluding hydrogens is 282 g/mol. The molecule has 5 nitrogen and oxygen atoms in total. The van der Waals surface area contributed by atoms with Crippen molar-refractivity contribution in [3.05, 3.63) is 42.0 Å². The van der Waals surface area contributed by atoms with Gasteiger partial charge in [0, 0.05) is 11.3 Å². The molecule has 2 N–H and O–H groups in total. The highest BCUT2D eigenvalue weighted by molar-refractivity contribution is 5.98. The van der Waals surface area contributed by atoms with Gasteiger partial charge in [-0.15, -0.1) is 0 Å². The van der Waals surface area contributed by atoms with Gasteiger partial charge in [0.25, 0.3) is 0 Å². The maximum absolute atomic E-state index is 12.5. The van der Waals surface area contributed by atoms with Crippen LogP contribution in [0.15, 0.2) is 36.4 Å². The molecule has 2 aliphatic carbocycles. The average molecular weight is 299 g/mol. The molecule has 1 amide bonds. The number of anilines is 1. The normalized spacial score (nSPS) is 28.6. The number of nitrogens with one attached hydrogen (secondary N) is 1. The van der Waals surface area contributed by atoms with Crippen LogP contribution in [0.1, 0.15) is 23.7 Å². The average Bonchev–Trinajstić information content (AvgIpc) is 3.08. The predicted octanol–water partition coefficient (Wildman–Crippen LogP) is 2.35. The van der Waals surface area contributed by atoms with Crippen molar-refractivity contribution in [2.75, 3.05) is 5.32 Å². The molecule has 0 unspecified atom stereocenters. The summed E-state index contributed by atoms with van der Waals surface area (Å²) in [5, 5.41) is 12.1. The van der Waals surface area contributed by atoms with Gasteiger partial charge in [0.1, 0.15) is 0 Å². The molecule has 5 heteroatoms. The fraction of sp³-hybridized carbons (Fsp3) is 0.353. The number of hydrogen-bond acceptors (Lipinski definition) is 3. The number of ketones is 1. The Morgan fingerprint density at radius 3 is 2.18 bits per heavy atom. The number of carboxylic acid groups (broad SMARTS) is 1. The van der Waals surface area contributed by atoms with Gasteiger partial charge in [-0.3, -0.25) is 14.4 Å². The molecular formula is C17H17NO4. The maximum Gasteiger partial charge on any atom is 0.307 e. The van der Waals surface area contributed by atoms with Crippen LogP contribution in [0.5, 0.6) is 0 Å². The van der Waals surface area contributed by atoms with Crippen LogP contribution >= 0.6 is 0 Å². The van der Waals surface area contributed by atoms with Gasteiger partial charge in [-0.05, 0) is 49.4 Å². The summed E-state index contributed by atoms with van der Waals surface area (Å²) in [6, 6.07) is 6.61. The summed E-state index contributed by atoms with van der Waals surface area (Å²) in [7, 11) is 0. The van der Waals surface area contributed by atoms with E-state index in [0.29, 0.717) is 11.3 Å². The van der Waals surface area contributed by atoms with Crippen molar-refractivity contribution in [3.8, 4) is 0 Å². The summed E-state index contributed by atoms with van der Waals surface area (Å²) in [6.45, 7) is 1.48. The molecule has 0 saturated heterocycles. The number of rotatable bonds is 4. The first-order chi connectivity index (χ1) is 10.5. The van der Waals surface area contributed by atoms with Crippen LogP contribution in [-0.2, 0) is 9.59 Å². The Hall–Kier alpha value is -2.43. The fourth-order valence-electron chi connectivity index (χ4n) is 3.53. The van der Waals surface area contributed by atoms with Crippen LogP contribution in [0, 0.1) is 23.7 Å². The van der Waals surface area contributed by atoms with Gasteiger partial charge in [-0.1, -0.05) is 12.2 Å². The van der Waals surface area contributed by atoms with E-state index >= 15 is 0 Å². The number of Topliss-reactive ketones (excluding diaryl/α,β-unsaturated/α-hetero) is 1. The van der Waals surface area contributed by atoms with E-state index in [0.717, 1.165) is 6.42 Å². The van der Waals surface area contributed by atoms with Crippen LogP contribution in [0.4, 0.5) is 5.69 Å². The van der Waals surface area contributed by atoms with Crippen molar-refractivity contribution >= 4 is 23.3 Å². The summed E-state index contributed by atoms with van der Waals surface area (Å²) in [6.07, 6.45) is 4.60. The smallest absolute Gasteiger partial charge is 0.307 e. The summed E-state index contributed by atoms with van der Waals surface area (Å²) in [5.74, 6) is -2.43. The molecule has 22 heavy (non-hydrogen) atoms. The fourth-order valence-corrected chi connectivity index (χ4v) is 3.53. The minimum absolute atomic E-state index is 0.00240. The zero-order valence-corrected chi connectivity index (χ0v) is 12.2. The van der Waals surface area contributed by atoms with Gasteiger partial charge in [0.15, 0.2) is 5.78 Å². The monoisotopic (exact) mass is 299 g/mol. The Kier molecular flexibility index (Phi) is 3.56. The zero-order valence-electron chi connectivity index (χ0n) is 12.2. The first-order valence-electron chi connectivity index (χ1n) is 7.30. The third-order valence-electron chi connectivity index (χ3n) is 4.61. The molecule has 1 aromatic rings. The second-order valence-electron chi connectivity index (χ2n) is 5.96. The number of fused-ring (bicyclic) bond motifs is 2. The molecule has 1 fully saturated rings. The van der Waals surface area contributed by atoms with Gasteiger partial charge in [-0.25, -0.2) is 0 Å². The lowest BCUT2D eigenvalue weighted by molar-refractivity contribution is -0.146. The quantitative estimate of drug-likeness (QED) is 0.660. The van der Waals surface area contributed by atoms with Crippen LogP contribution in [0.3, 0.4) is 0 Å². The van der Waals surface area contributed by atoms with Crippen molar-refractivity contribution in [3.63, 3.8) is 0 Å².